The van der Waals surface area contributed by atoms with E-state index in [4.69, 9.17) is 4.74 Å². The van der Waals surface area contributed by atoms with Gasteiger partial charge in [0.05, 0.1) is 17.6 Å². The first-order valence-electron chi connectivity index (χ1n) is 9.52. The number of amides is 1. The lowest BCUT2D eigenvalue weighted by atomic mass is 10.1. The van der Waals surface area contributed by atoms with E-state index in [1.807, 2.05) is 25.3 Å². The third-order valence-electron chi connectivity index (χ3n) is 5.11. The number of hydrogen-bond acceptors (Lipinski definition) is 5. The zero-order chi connectivity index (χ0) is 21.0. The number of rotatable bonds is 6. The van der Waals surface area contributed by atoms with E-state index in [0.717, 1.165) is 24.2 Å². The minimum Gasteiger partial charge on any atom is -0.496 e. The van der Waals surface area contributed by atoms with Crippen LogP contribution in [0, 0.1) is 0 Å². The molecule has 1 N–H and O–H groups in total. The van der Waals surface area contributed by atoms with Crippen LogP contribution in [0.5, 0.6) is 5.75 Å². The van der Waals surface area contributed by atoms with Gasteiger partial charge in [-0.3, -0.25) is 4.79 Å². The summed E-state index contributed by atoms with van der Waals surface area (Å²) in [6.45, 7) is 2.49. The maximum absolute atomic E-state index is 12.9. The predicted molar refractivity (Wildman–Crippen MR) is 116 cm³/mol. The quantitative estimate of drug-likeness (QED) is 0.689. The minimum absolute atomic E-state index is 0.00449. The molecular formula is C21H26N2O4S2. The van der Waals surface area contributed by atoms with Crippen molar-refractivity contribution < 1.29 is 17.9 Å². The van der Waals surface area contributed by atoms with E-state index in [1.54, 1.807) is 46.4 Å². The first kappa shape index (κ1) is 21.7. The van der Waals surface area contributed by atoms with Crippen LogP contribution in [0.1, 0.15) is 36.5 Å². The average molecular weight is 435 g/mol. The van der Waals surface area contributed by atoms with Crippen molar-refractivity contribution in [2.75, 3.05) is 25.2 Å². The second-order valence-corrected chi connectivity index (χ2v) is 9.78. The molecule has 156 valence electrons. The van der Waals surface area contributed by atoms with Gasteiger partial charge in [-0.05, 0) is 68.5 Å². The van der Waals surface area contributed by atoms with Gasteiger partial charge in [-0.1, -0.05) is 6.42 Å². The number of sulfonamides is 1. The van der Waals surface area contributed by atoms with Gasteiger partial charge >= 0.3 is 0 Å². The second kappa shape index (κ2) is 9.19. The van der Waals surface area contributed by atoms with E-state index in [-0.39, 0.29) is 16.8 Å². The number of nitrogens with one attached hydrogen (secondary N) is 1. The molecule has 1 aliphatic heterocycles. The third kappa shape index (κ3) is 4.76. The van der Waals surface area contributed by atoms with Crippen molar-refractivity contribution in [3.05, 3.63) is 48.0 Å². The molecule has 0 saturated carbocycles. The number of nitrogens with zero attached hydrogens (tertiary/aromatic N) is 1. The first-order chi connectivity index (χ1) is 13.9. The van der Waals surface area contributed by atoms with Gasteiger partial charge in [-0.2, -0.15) is 4.31 Å². The first-order valence-corrected chi connectivity index (χ1v) is 12.2. The Hall–Kier alpha value is -2.03. The molecule has 1 heterocycles. The van der Waals surface area contributed by atoms with Crippen LogP contribution in [0.3, 0.4) is 0 Å². The van der Waals surface area contributed by atoms with E-state index < -0.39 is 10.0 Å². The summed E-state index contributed by atoms with van der Waals surface area (Å²) < 4.78 is 32.7. The van der Waals surface area contributed by atoms with E-state index >= 15 is 0 Å². The van der Waals surface area contributed by atoms with Gasteiger partial charge in [0, 0.05) is 23.2 Å². The maximum Gasteiger partial charge on any atom is 0.259 e. The normalized spacial score (nSPS) is 17.7. The summed E-state index contributed by atoms with van der Waals surface area (Å²) in [5.74, 6) is 0.183. The number of piperidine rings is 1. The van der Waals surface area contributed by atoms with Crippen LogP contribution in [0.2, 0.25) is 0 Å². The van der Waals surface area contributed by atoms with E-state index in [2.05, 4.69) is 5.32 Å². The van der Waals surface area contributed by atoms with Gasteiger partial charge in [0.15, 0.2) is 0 Å². The molecule has 1 saturated heterocycles. The van der Waals surface area contributed by atoms with Gasteiger partial charge in [-0.25, -0.2) is 8.42 Å². The fourth-order valence-electron chi connectivity index (χ4n) is 3.46. The van der Waals surface area contributed by atoms with Gasteiger partial charge in [0.25, 0.3) is 5.91 Å². The Balaban J connectivity index is 1.76. The van der Waals surface area contributed by atoms with E-state index in [9.17, 15) is 13.2 Å². The van der Waals surface area contributed by atoms with Crippen LogP contribution in [-0.4, -0.2) is 44.6 Å². The molecular weight excluding hydrogens is 408 g/mol. The summed E-state index contributed by atoms with van der Waals surface area (Å²) >= 11 is 1.57. The molecule has 1 aliphatic rings. The molecule has 1 fully saturated rings. The number of carbonyl (C=O) groups excluding carboxylic acids is 1. The molecule has 0 aromatic heterocycles. The highest BCUT2D eigenvalue weighted by atomic mass is 32.2. The largest absolute Gasteiger partial charge is 0.496 e. The molecule has 0 bridgehead atoms. The van der Waals surface area contributed by atoms with Crippen LogP contribution >= 0.6 is 11.8 Å². The Kier molecular flexibility index (Phi) is 6.87. The molecule has 29 heavy (non-hydrogen) atoms. The molecule has 8 heteroatoms. The summed E-state index contributed by atoms with van der Waals surface area (Å²) in [6, 6.07) is 11.7. The molecule has 3 rings (SSSR count). The zero-order valence-corrected chi connectivity index (χ0v) is 18.5. The summed E-state index contributed by atoms with van der Waals surface area (Å²) in [5.41, 5.74) is 0.945. The zero-order valence-electron chi connectivity index (χ0n) is 16.8. The highest BCUT2D eigenvalue weighted by Gasteiger charge is 2.30. The SMILES string of the molecule is COc1cc(SC)ccc1C(=O)Nc1ccc(S(=O)(=O)N2CCCC[C@@H]2C)cc1. The van der Waals surface area contributed by atoms with Crippen LogP contribution in [0.4, 0.5) is 5.69 Å². The van der Waals surface area contributed by atoms with Crippen molar-refractivity contribution in [3.63, 3.8) is 0 Å². The Morgan fingerprint density at radius 3 is 2.52 bits per heavy atom. The molecule has 2 aromatic carbocycles. The van der Waals surface area contributed by atoms with Crippen molar-refractivity contribution in [2.45, 2.75) is 42.0 Å². The van der Waals surface area contributed by atoms with Crippen LogP contribution in [-0.2, 0) is 10.0 Å². The van der Waals surface area contributed by atoms with Gasteiger partial charge in [-0.15, -0.1) is 11.8 Å². The van der Waals surface area contributed by atoms with Gasteiger partial charge in [0.2, 0.25) is 10.0 Å². The third-order valence-corrected chi connectivity index (χ3v) is 7.87. The summed E-state index contributed by atoms with van der Waals surface area (Å²) in [4.78, 5) is 13.9. The predicted octanol–water partition coefficient (Wildman–Crippen LogP) is 4.23. The lowest BCUT2D eigenvalue weighted by Gasteiger charge is -2.32. The van der Waals surface area contributed by atoms with E-state index in [1.165, 1.54) is 7.11 Å². The van der Waals surface area contributed by atoms with Crippen molar-refractivity contribution in [2.24, 2.45) is 0 Å². The van der Waals surface area contributed by atoms with Crippen molar-refractivity contribution in [3.8, 4) is 5.75 Å². The number of ether oxygens (including phenoxy) is 1. The second-order valence-electron chi connectivity index (χ2n) is 7.01. The molecule has 2 aromatic rings. The van der Waals surface area contributed by atoms with Crippen LogP contribution in [0.15, 0.2) is 52.3 Å². The van der Waals surface area contributed by atoms with Crippen molar-refractivity contribution in [1.82, 2.24) is 4.31 Å². The van der Waals surface area contributed by atoms with Gasteiger partial charge in [0.1, 0.15) is 5.75 Å². The molecule has 1 atom stereocenters. The van der Waals surface area contributed by atoms with Crippen molar-refractivity contribution in [1.29, 1.82) is 0 Å². The van der Waals surface area contributed by atoms with Crippen LogP contribution in [0.25, 0.3) is 0 Å². The molecule has 0 aliphatic carbocycles. The Morgan fingerprint density at radius 1 is 1.17 bits per heavy atom. The summed E-state index contributed by atoms with van der Waals surface area (Å²) in [5, 5.41) is 2.80. The number of benzene rings is 2. The number of methoxy groups -OCH3 is 1. The van der Waals surface area contributed by atoms with Gasteiger partial charge < -0.3 is 10.1 Å². The number of carbonyl (C=O) groups is 1. The maximum atomic E-state index is 12.9. The highest BCUT2D eigenvalue weighted by Crippen LogP contribution is 2.28. The number of thioether (sulfide) groups is 1. The average Bonchev–Trinajstić information content (AvgIpc) is 2.73. The summed E-state index contributed by atoms with van der Waals surface area (Å²) in [6.07, 6.45) is 4.77. The minimum atomic E-state index is -3.53. The monoisotopic (exact) mass is 434 g/mol. The van der Waals surface area contributed by atoms with Crippen molar-refractivity contribution >= 4 is 33.4 Å². The lowest BCUT2D eigenvalue weighted by Crippen LogP contribution is -2.41. The number of anilines is 1. The standard InChI is InChI=1S/C21H26N2O4S2/c1-15-6-4-5-13-23(15)29(25,26)18-10-7-16(8-11-18)22-21(24)19-12-9-17(28-3)14-20(19)27-2/h7-12,14-15H,4-6,13H2,1-3H3,(H,22,24)/t15-/m0/s1. The molecule has 1 amide bonds. The number of hydrogen-bond donors (Lipinski definition) is 1. The van der Waals surface area contributed by atoms with Crippen LogP contribution < -0.4 is 10.1 Å². The van der Waals surface area contributed by atoms with E-state index in [0.29, 0.717) is 23.5 Å². The molecule has 0 unspecified atom stereocenters. The smallest absolute Gasteiger partial charge is 0.259 e. The fourth-order valence-corrected chi connectivity index (χ4v) is 5.59. The molecule has 6 nitrogen and oxygen atoms in total. The summed E-state index contributed by atoms with van der Waals surface area (Å²) in [7, 11) is -2.00. The Labute approximate surface area is 176 Å². The highest BCUT2D eigenvalue weighted by molar-refractivity contribution is 7.98. The Morgan fingerprint density at radius 2 is 1.90 bits per heavy atom. The topological polar surface area (TPSA) is 75.7 Å². The fraction of sp³-hybridized carbons (Fsp3) is 0.381. The molecule has 0 spiro atoms. The lowest BCUT2D eigenvalue weighted by molar-refractivity contribution is 0.102. The Bertz CT molecular complexity index is 975. The molecule has 0 radical (unpaired) electrons.